The van der Waals surface area contributed by atoms with E-state index in [9.17, 15) is 4.79 Å². The fourth-order valence-electron chi connectivity index (χ4n) is 1.34. The summed E-state index contributed by atoms with van der Waals surface area (Å²) in [7, 11) is 0. The normalized spacial score (nSPS) is 11.3. The molecule has 0 fully saturated rings. The Kier molecular flexibility index (Phi) is 4.07. The van der Waals surface area contributed by atoms with E-state index in [2.05, 4.69) is 36.0 Å². The maximum Gasteiger partial charge on any atom is 0.277 e. The maximum absolute atomic E-state index is 11.9. The third-order valence-electron chi connectivity index (χ3n) is 2.21. The van der Waals surface area contributed by atoms with Crippen LogP contribution >= 0.6 is 27.5 Å². The number of oxime groups is 1. The highest BCUT2D eigenvalue weighted by molar-refractivity contribution is 9.10. The van der Waals surface area contributed by atoms with E-state index in [4.69, 9.17) is 10.9 Å². The predicted octanol–water partition coefficient (Wildman–Crippen LogP) is 1.65. The van der Waals surface area contributed by atoms with Gasteiger partial charge in [0.15, 0.2) is 11.5 Å². The van der Waals surface area contributed by atoms with Gasteiger partial charge in [0.05, 0.1) is 5.69 Å². The first-order valence-corrected chi connectivity index (χ1v) is 6.60. The Labute approximate surface area is 120 Å². The van der Waals surface area contributed by atoms with Gasteiger partial charge in [0.25, 0.3) is 5.91 Å². The van der Waals surface area contributed by atoms with Crippen molar-refractivity contribution >= 4 is 44.9 Å². The second-order valence-electron chi connectivity index (χ2n) is 3.42. The van der Waals surface area contributed by atoms with E-state index in [1.54, 1.807) is 18.2 Å². The molecule has 7 nitrogen and oxygen atoms in total. The molecule has 0 aliphatic heterocycles. The number of aromatic nitrogens is 2. The molecule has 1 aromatic heterocycles. The predicted molar refractivity (Wildman–Crippen MR) is 74.5 cm³/mol. The van der Waals surface area contributed by atoms with Crippen LogP contribution in [0.2, 0.25) is 0 Å². The van der Waals surface area contributed by atoms with Crippen LogP contribution in [0.5, 0.6) is 0 Å². The number of halogens is 1. The van der Waals surface area contributed by atoms with Gasteiger partial charge in [-0.05, 0) is 29.7 Å². The first kappa shape index (κ1) is 13.4. The molecule has 2 rings (SSSR count). The first-order chi connectivity index (χ1) is 9.11. The van der Waals surface area contributed by atoms with Gasteiger partial charge in [0.2, 0.25) is 0 Å². The Bertz CT molecular complexity index is 629. The average Bonchev–Trinajstić information content (AvgIpc) is 2.94. The van der Waals surface area contributed by atoms with Crippen molar-refractivity contribution in [2.75, 3.05) is 5.32 Å². The highest BCUT2D eigenvalue weighted by Crippen LogP contribution is 2.21. The SMILES string of the molecule is N/C(=N/O)c1cc(Br)ccc1NC(=O)c1csnn1. The molecule has 2 aromatic rings. The van der Waals surface area contributed by atoms with Crippen molar-refractivity contribution in [3.05, 3.63) is 39.3 Å². The molecule has 0 aliphatic carbocycles. The minimum absolute atomic E-state index is 0.104. The summed E-state index contributed by atoms with van der Waals surface area (Å²) < 4.78 is 4.35. The number of nitrogens with zero attached hydrogens (tertiary/aromatic N) is 3. The van der Waals surface area contributed by atoms with Gasteiger partial charge in [-0.2, -0.15) is 0 Å². The van der Waals surface area contributed by atoms with Gasteiger partial charge >= 0.3 is 0 Å². The lowest BCUT2D eigenvalue weighted by atomic mass is 10.1. The number of nitrogens with two attached hydrogens (primary N) is 1. The Morgan fingerprint density at radius 3 is 2.95 bits per heavy atom. The quantitative estimate of drug-likeness (QED) is 0.340. The lowest BCUT2D eigenvalue weighted by molar-refractivity contribution is 0.102. The minimum atomic E-state index is -0.414. The van der Waals surface area contributed by atoms with Gasteiger partial charge in [-0.3, -0.25) is 4.79 Å². The van der Waals surface area contributed by atoms with Gasteiger partial charge in [-0.15, -0.1) is 5.10 Å². The standard InChI is InChI=1S/C10H8BrN5O2S/c11-5-1-2-7(6(3-5)9(12)15-18)13-10(17)8-4-19-16-14-8/h1-4,18H,(H2,12,15)(H,13,17). The summed E-state index contributed by atoms with van der Waals surface area (Å²) in [6, 6.07) is 4.99. The molecular weight excluding hydrogens is 334 g/mol. The highest BCUT2D eigenvalue weighted by atomic mass is 79.9. The number of benzene rings is 1. The Morgan fingerprint density at radius 2 is 2.32 bits per heavy atom. The summed E-state index contributed by atoms with van der Waals surface area (Å²) in [4.78, 5) is 11.9. The fourth-order valence-corrected chi connectivity index (χ4v) is 2.14. The van der Waals surface area contributed by atoms with Gasteiger partial charge in [0.1, 0.15) is 0 Å². The van der Waals surface area contributed by atoms with E-state index in [-0.39, 0.29) is 11.5 Å². The van der Waals surface area contributed by atoms with Crippen LogP contribution in [0.3, 0.4) is 0 Å². The van der Waals surface area contributed by atoms with Crippen molar-refractivity contribution in [3.63, 3.8) is 0 Å². The smallest absolute Gasteiger partial charge is 0.277 e. The van der Waals surface area contributed by atoms with Crippen LogP contribution in [0.25, 0.3) is 0 Å². The van der Waals surface area contributed by atoms with E-state index in [1.807, 2.05) is 0 Å². The molecule has 1 heterocycles. The summed E-state index contributed by atoms with van der Waals surface area (Å²) in [6.45, 7) is 0. The summed E-state index contributed by atoms with van der Waals surface area (Å²) in [6.07, 6.45) is 0. The number of carbonyl (C=O) groups is 1. The lowest BCUT2D eigenvalue weighted by Crippen LogP contribution is -2.19. The number of hydrogen-bond donors (Lipinski definition) is 3. The van der Waals surface area contributed by atoms with E-state index >= 15 is 0 Å². The van der Waals surface area contributed by atoms with E-state index in [0.29, 0.717) is 11.3 Å². The van der Waals surface area contributed by atoms with Crippen LogP contribution in [-0.2, 0) is 0 Å². The van der Waals surface area contributed by atoms with Crippen molar-refractivity contribution in [1.29, 1.82) is 0 Å². The van der Waals surface area contributed by atoms with Crippen molar-refractivity contribution in [1.82, 2.24) is 9.59 Å². The number of amides is 1. The third-order valence-corrected chi connectivity index (χ3v) is 3.20. The van der Waals surface area contributed by atoms with Crippen LogP contribution < -0.4 is 11.1 Å². The molecule has 0 aliphatic rings. The first-order valence-electron chi connectivity index (χ1n) is 4.97. The maximum atomic E-state index is 11.9. The molecule has 19 heavy (non-hydrogen) atoms. The molecule has 98 valence electrons. The van der Waals surface area contributed by atoms with E-state index < -0.39 is 5.91 Å². The topological polar surface area (TPSA) is 113 Å². The zero-order valence-electron chi connectivity index (χ0n) is 9.37. The van der Waals surface area contributed by atoms with Gasteiger partial charge in [-0.25, -0.2) is 0 Å². The molecular formula is C10H8BrN5O2S. The Balaban J connectivity index is 2.32. The monoisotopic (exact) mass is 341 g/mol. The summed E-state index contributed by atoms with van der Waals surface area (Å²) in [5.41, 5.74) is 6.58. The second-order valence-corrected chi connectivity index (χ2v) is 4.94. The van der Waals surface area contributed by atoms with Gasteiger partial charge < -0.3 is 16.3 Å². The zero-order chi connectivity index (χ0) is 13.8. The number of amidine groups is 1. The molecule has 1 amide bonds. The molecule has 0 spiro atoms. The van der Waals surface area contributed by atoms with Crippen LogP contribution in [0, 0.1) is 0 Å². The van der Waals surface area contributed by atoms with Crippen LogP contribution in [0.15, 0.2) is 33.2 Å². The van der Waals surface area contributed by atoms with Gasteiger partial charge in [-0.1, -0.05) is 25.6 Å². The average molecular weight is 342 g/mol. The van der Waals surface area contributed by atoms with E-state index in [1.165, 1.54) is 5.38 Å². The van der Waals surface area contributed by atoms with Crippen molar-refractivity contribution in [3.8, 4) is 0 Å². The number of anilines is 1. The van der Waals surface area contributed by atoms with Crippen molar-refractivity contribution in [2.45, 2.75) is 0 Å². The van der Waals surface area contributed by atoms with Crippen molar-refractivity contribution < 1.29 is 10.0 Å². The Hall–Kier alpha value is -2.00. The summed E-state index contributed by atoms with van der Waals surface area (Å²) >= 11 is 4.35. The second kappa shape index (κ2) is 5.76. The number of hydrogen-bond acceptors (Lipinski definition) is 6. The summed E-state index contributed by atoms with van der Waals surface area (Å²) in [5, 5.41) is 19.5. The highest BCUT2D eigenvalue weighted by Gasteiger charge is 2.14. The molecule has 9 heteroatoms. The largest absolute Gasteiger partial charge is 0.409 e. The number of nitrogens with one attached hydrogen (secondary N) is 1. The van der Waals surface area contributed by atoms with Crippen LogP contribution in [0.4, 0.5) is 5.69 Å². The molecule has 0 radical (unpaired) electrons. The molecule has 0 saturated heterocycles. The third kappa shape index (κ3) is 3.06. The van der Waals surface area contributed by atoms with Crippen molar-refractivity contribution in [2.24, 2.45) is 10.9 Å². The fraction of sp³-hybridized carbons (Fsp3) is 0. The van der Waals surface area contributed by atoms with Crippen LogP contribution in [-0.4, -0.2) is 26.5 Å². The minimum Gasteiger partial charge on any atom is -0.409 e. The number of carbonyl (C=O) groups excluding carboxylic acids is 1. The summed E-state index contributed by atoms with van der Waals surface area (Å²) in [5.74, 6) is -0.518. The van der Waals surface area contributed by atoms with Crippen LogP contribution in [0.1, 0.15) is 16.1 Å². The molecule has 0 atom stereocenters. The molecule has 0 bridgehead atoms. The zero-order valence-corrected chi connectivity index (χ0v) is 11.8. The molecule has 1 aromatic carbocycles. The van der Waals surface area contributed by atoms with E-state index in [0.717, 1.165) is 16.0 Å². The Morgan fingerprint density at radius 1 is 1.53 bits per heavy atom. The molecule has 0 unspecified atom stereocenters. The molecule has 4 N–H and O–H groups in total. The van der Waals surface area contributed by atoms with Gasteiger partial charge in [0, 0.05) is 15.4 Å². The lowest BCUT2D eigenvalue weighted by Gasteiger charge is -2.09. The number of rotatable bonds is 3. The molecule has 0 saturated carbocycles.